The Balaban J connectivity index is 1.31. The number of carboxylic acid groups (broad SMARTS) is 1. The van der Waals surface area contributed by atoms with Crippen LogP contribution in [-0.4, -0.2) is 85.6 Å². The Morgan fingerprint density at radius 2 is 1.69 bits per heavy atom. The van der Waals surface area contributed by atoms with Crippen LogP contribution >= 0.6 is 0 Å². The maximum atomic E-state index is 10.7. The molecule has 1 aliphatic heterocycles. The summed E-state index contributed by atoms with van der Waals surface area (Å²) in [5, 5.41) is 31.0. The highest BCUT2D eigenvalue weighted by atomic mass is 16.5. The van der Waals surface area contributed by atoms with Gasteiger partial charge in [0.2, 0.25) is 0 Å². The number of ether oxygens (including phenoxy) is 1. The van der Waals surface area contributed by atoms with E-state index >= 15 is 0 Å². The number of aromatic hydroxyl groups is 1. The number of hydrogen-bond donors (Lipinski definition) is 2. The van der Waals surface area contributed by atoms with Gasteiger partial charge in [0.1, 0.15) is 12.4 Å². The Morgan fingerprint density at radius 3 is 2.41 bits per heavy atom. The monoisotopic (exact) mass is 528 g/mol. The molecule has 1 aliphatic rings. The number of phenols is 1. The number of aromatic nitrogens is 4. The highest BCUT2D eigenvalue weighted by molar-refractivity contribution is 5.68. The minimum atomic E-state index is -1.01. The van der Waals surface area contributed by atoms with Crippen LogP contribution in [0.5, 0.6) is 5.75 Å². The first-order valence-corrected chi connectivity index (χ1v) is 13.0. The van der Waals surface area contributed by atoms with Crippen LogP contribution < -0.4 is 0 Å². The molecule has 1 saturated heterocycles. The van der Waals surface area contributed by atoms with E-state index in [1.54, 1.807) is 10.7 Å². The summed E-state index contributed by atoms with van der Waals surface area (Å²) in [6.07, 6.45) is 0. The third-order valence-corrected chi connectivity index (χ3v) is 6.90. The van der Waals surface area contributed by atoms with E-state index in [4.69, 9.17) is 9.84 Å². The van der Waals surface area contributed by atoms with Crippen molar-refractivity contribution in [3.05, 3.63) is 95.6 Å². The summed E-state index contributed by atoms with van der Waals surface area (Å²) in [5.74, 6) is -0.175. The zero-order valence-electron chi connectivity index (χ0n) is 21.6. The fourth-order valence-corrected chi connectivity index (χ4v) is 5.02. The summed E-state index contributed by atoms with van der Waals surface area (Å²) < 4.78 is 6.74. The predicted molar refractivity (Wildman–Crippen MR) is 145 cm³/mol. The van der Waals surface area contributed by atoms with E-state index in [0.29, 0.717) is 12.4 Å². The molecule has 10 nitrogen and oxygen atoms in total. The molecular formula is C29H32N6O4. The lowest BCUT2D eigenvalue weighted by atomic mass is 9.95. The summed E-state index contributed by atoms with van der Waals surface area (Å²) in [5.41, 5.74) is 4.33. The number of nitrogens with zero attached hydrogens (tertiary/aromatic N) is 6. The van der Waals surface area contributed by atoms with Crippen LogP contribution in [0.15, 0.2) is 78.9 Å². The quantitative estimate of drug-likeness (QED) is 0.283. The molecule has 1 atom stereocenters. The van der Waals surface area contributed by atoms with Gasteiger partial charge < -0.3 is 14.9 Å². The van der Waals surface area contributed by atoms with Crippen LogP contribution in [0.25, 0.3) is 11.4 Å². The van der Waals surface area contributed by atoms with Crippen LogP contribution in [0.3, 0.4) is 0 Å². The normalized spacial score (nSPS) is 15.3. The fourth-order valence-electron chi connectivity index (χ4n) is 5.02. The Bertz CT molecular complexity index is 1350. The van der Waals surface area contributed by atoms with Gasteiger partial charge in [0.25, 0.3) is 0 Å². The molecular weight excluding hydrogens is 496 g/mol. The summed E-state index contributed by atoms with van der Waals surface area (Å²) in [4.78, 5) is 15.6. The van der Waals surface area contributed by atoms with Crippen molar-refractivity contribution in [2.24, 2.45) is 0 Å². The number of phenolic OH excluding ortho intramolecular Hbond substituents is 1. The first-order chi connectivity index (χ1) is 19.1. The summed E-state index contributed by atoms with van der Waals surface area (Å²) >= 11 is 0. The van der Waals surface area contributed by atoms with Crippen LogP contribution in [-0.2, 0) is 22.6 Å². The fraction of sp³-hybridized carbons (Fsp3) is 0.310. The SMILES string of the molecule is O=C(O)COCCn1nnnc1-c1ccc(C(c2cccc(O)c2)N2CCN(Cc3ccccc3)CC2)cc1. The number of tetrazole rings is 1. The maximum Gasteiger partial charge on any atom is 0.329 e. The Labute approximate surface area is 227 Å². The van der Waals surface area contributed by atoms with Gasteiger partial charge in [-0.15, -0.1) is 5.10 Å². The molecule has 2 heterocycles. The molecule has 202 valence electrons. The van der Waals surface area contributed by atoms with Crippen LogP contribution in [0.1, 0.15) is 22.7 Å². The summed E-state index contributed by atoms with van der Waals surface area (Å²) in [6.45, 7) is 4.85. The summed E-state index contributed by atoms with van der Waals surface area (Å²) in [7, 11) is 0. The van der Waals surface area contributed by atoms with E-state index in [-0.39, 0.29) is 25.0 Å². The molecule has 0 radical (unpaired) electrons. The molecule has 0 aliphatic carbocycles. The van der Waals surface area contributed by atoms with Gasteiger partial charge in [0.05, 0.1) is 19.2 Å². The number of rotatable bonds is 11. The van der Waals surface area contributed by atoms with Gasteiger partial charge in [-0.05, 0) is 39.2 Å². The molecule has 39 heavy (non-hydrogen) atoms. The van der Waals surface area contributed by atoms with E-state index < -0.39 is 5.97 Å². The predicted octanol–water partition coefficient (Wildman–Crippen LogP) is 3.05. The average Bonchev–Trinajstić information content (AvgIpc) is 3.42. The number of piperazine rings is 1. The first kappa shape index (κ1) is 26.5. The number of hydrogen-bond acceptors (Lipinski definition) is 8. The van der Waals surface area contributed by atoms with Gasteiger partial charge in [-0.3, -0.25) is 9.80 Å². The standard InChI is InChI=1S/C29H32N6O4/c36-26-8-4-7-25(19-26)28(34-15-13-33(14-16-34)20-22-5-2-1-3-6-22)23-9-11-24(12-10-23)29-30-31-32-35(29)17-18-39-21-27(37)38/h1-12,19,28,36H,13-18,20-21H2,(H,37,38). The first-order valence-electron chi connectivity index (χ1n) is 13.0. The maximum absolute atomic E-state index is 10.7. The average molecular weight is 529 g/mol. The van der Waals surface area contributed by atoms with E-state index in [2.05, 4.69) is 67.8 Å². The molecule has 0 bridgehead atoms. The number of aliphatic carboxylic acids is 1. The number of carboxylic acids is 1. The molecule has 2 N–H and O–H groups in total. The highest BCUT2D eigenvalue weighted by Crippen LogP contribution is 2.32. The van der Waals surface area contributed by atoms with Crippen molar-refractivity contribution in [2.45, 2.75) is 19.1 Å². The smallest absolute Gasteiger partial charge is 0.329 e. The molecule has 10 heteroatoms. The second kappa shape index (κ2) is 12.6. The van der Waals surface area contributed by atoms with E-state index in [1.807, 2.05) is 30.3 Å². The number of carbonyl (C=O) groups is 1. The lowest BCUT2D eigenvalue weighted by Crippen LogP contribution is -2.47. The second-order valence-corrected chi connectivity index (χ2v) is 9.59. The molecule has 1 fully saturated rings. The van der Waals surface area contributed by atoms with Crippen LogP contribution in [0.2, 0.25) is 0 Å². The Hall–Kier alpha value is -4.12. The molecule has 0 amide bonds. The van der Waals surface area contributed by atoms with Gasteiger partial charge in [-0.25, -0.2) is 9.48 Å². The molecule has 4 aromatic rings. The zero-order chi connectivity index (χ0) is 27.0. The molecule has 3 aromatic carbocycles. The van der Waals surface area contributed by atoms with E-state index in [1.165, 1.54) is 5.56 Å². The van der Waals surface area contributed by atoms with Gasteiger partial charge in [0, 0.05) is 38.3 Å². The largest absolute Gasteiger partial charge is 0.508 e. The van der Waals surface area contributed by atoms with Crippen molar-refractivity contribution in [1.82, 2.24) is 30.0 Å². The van der Waals surface area contributed by atoms with Crippen molar-refractivity contribution >= 4 is 5.97 Å². The van der Waals surface area contributed by atoms with Crippen LogP contribution in [0, 0.1) is 0 Å². The third kappa shape index (κ3) is 6.85. The molecule has 0 spiro atoms. The topological polar surface area (TPSA) is 117 Å². The second-order valence-electron chi connectivity index (χ2n) is 9.59. The Kier molecular flexibility index (Phi) is 8.57. The minimum Gasteiger partial charge on any atom is -0.508 e. The third-order valence-electron chi connectivity index (χ3n) is 6.90. The van der Waals surface area contributed by atoms with Crippen molar-refractivity contribution in [1.29, 1.82) is 0 Å². The Morgan fingerprint density at radius 1 is 0.923 bits per heavy atom. The van der Waals surface area contributed by atoms with Gasteiger partial charge in [-0.2, -0.15) is 0 Å². The van der Waals surface area contributed by atoms with Gasteiger partial charge in [0.15, 0.2) is 5.82 Å². The molecule has 5 rings (SSSR count). The van der Waals surface area contributed by atoms with Crippen molar-refractivity contribution in [3.63, 3.8) is 0 Å². The lowest BCUT2D eigenvalue weighted by Gasteiger charge is -2.40. The van der Waals surface area contributed by atoms with Gasteiger partial charge >= 0.3 is 5.97 Å². The highest BCUT2D eigenvalue weighted by Gasteiger charge is 2.27. The number of benzene rings is 3. The lowest BCUT2D eigenvalue weighted by molar-refractivity contribution is -0.142. The van der Waals surface area contributed by atoms with Gasteiger partial charge in [-0.1, -0.05) is 66.7 Å². The molecule has 1 aromatic heterocycles. The zero-order valence-corrected chi connectivity index (χ0v) is 21.6. The van der Waals surface area contributed by atoms with Crippen molar-refractivity contribution in [2.75, 3.05) is 39.4 Å². The molecule has 0 saturated carbocycles. The van der Waals surface area contributed by atoms with Crippen LogP contribution in [0.4, 0.5) is 0 Å². The van der Waals surface area contributed by atoms with Crippen molar-refractivity contribution in [3.8, 4) is 17.1 Å². The van der Waals surface area contributed by atoms with E-state index in [0.717, 1.165) is 49.4 Å². The minimum absolute atomic E-state index is 0.00885. The summed E-state index contributed by atoms with van der Waals surface area (Å²) in [6, 6.07) is 26.2. The van der Waals surface area contributed by atoms with Crippen molar-refractivity contribution < 1.29 is 19.7 Å². The van der Waals surface area contributed by atoms with E-state index in [9.17, 15) is 9.90 Å². The molecule has 1 unspecified atom stereocenters.